The van der Waals surface area contributed by atoms with Gasteiger partial charge < -0.3 is 4.42 Å². The van der Waals surface area contributed by atoms with Crippen molar-refractivity contribution in [1.29, 1.82) is 0 Å². The van der Waals surface area contributed by atoms with E-state index in [1.54, 1.807) is 17.4 Å². The van der Waals surface area contributed by atoms with Crippen LogP contribution in [0.1, 0.15) is 10.6 Å². The monoisotopic (exact) mass is 322 g/mol. The molecule has 0 aliphatic rings. The maximum Gasteiger partial charge on any atom is 0.193 e. The summed E-state index contributed by atoms with van der Waals surface area (Å²) in [6.07, 6.45) is 0. The van der Waals surface area contributed by atoms with Gasteiger partial charge in [-0.1, -0.05) is 0 Å². The third kappa shape index (κ3) is 3.55. The van der Waals surface area contributed by atoms with Gasteiger partial charge in [-0.3, -0.25) is 0 Å². The van der Waals surface area contributed by atoms with Crippen LogP contribution in [0.25, 0.3) is 0 Å². The van der Waals surface area contributed by atoms with Crippen molar-refractivity contribution in [3.63, 3.8) is 0 Å². The molecular weight excluding hydrogens is 316 g/mol. The molecule has 2 rings (SSSR count). The van der Waals surface area contributed by atoms with Crippen LogP contribution in [-0.2, 0) is 11.5 Å². The van der Waals surface area contributed by atoms with Gasteiger partial charge in [-0.15, -0.1) is 23.1 Å². The lowest BCUT2D eigenvalue weighted by atomic mass is 10.5. The first-order valence-corrected chi connectivity index (χ1v) is 7.44. The molecule has 1 nitrogen and oxygen atoms in total. The lowest BCUT2D eigenvalue weighted by Crippen LogP contribution is -1.76. The van der Waals surface area contributed by atoms with Crippen LogP contribution >= 0.6 is 50.6 Å². The average molecular weight is 324 g/mol. The Morgan fingerprint density at radius 1 is 1.27 bits per heavy atom. The topological polar surface area (TPSA) is 13.1 Å². The quantitative estimate of drug-likeness (QED) is 0.768. The highest BCUT2D eigenvalue weighted by atomic mass is 79.9. The predicted molar refractivity (Wildman–Crippen MR) is 70.7 cm³/mol. The Kier molecular flexibility index (Phi) is 4.20. The Morgan fingerprint density at radius 3 is 2.73 bits per heavy atom. The maximum atomic E-state index is 5.68. The number of thiophene rings is 1. The van der Waals surface area contributed by atoms with Crippen LogP contribution in [0.4, 0.5) is 0 Å². The standard InChI is InChI=1S/C10H8BrClOS2/c11-9-3-2-8(15-9)6-14-5-7-1-4-10(12)13-7/h1-4H,5-6H2. The number of halogens is 2. The van der Waals surface area contributed by atoms with Crippen molar-refractivity contribution in [1.82, 2.24) is 0 Å². The lowest BCUT2D eigenvalue weighted by molar-refractivity contribution is 0.532. The van der Waals surface area contributed by atoms with Crippen LogP contribution in [0, 0.1) is 0 Å². The number of thioether (sulfide) groups is 1. The van der Waals surface area contributed by atoms with E-state index in [0.29, 0.717) is 5.22 Å². The lowest BCUT2D eigenvalue weighted by Gasteiger charge is -1.95. The van der Waals surface area contributed by atoms with E-state index in [1.807, 2.05) is 17.8 Å². The molecular formula is C10H8BrClOS2. The van der Waals surface area contributed by atoms with Gasteiger partial charge in [0.05, 0.1) is 9.54 Å². The minimum Gasteiger partial charge on any atom is -0.449 e. The zero-order valence-electron chi connectivity index (χ0n) is 7.70. The Bertz CT molecular complexity index is 398. The zero-order chi connectivity index (χ0) is 10.7. The number of rotatable bonds is 4. The Labute approximate surface area is 110 Å². The summed E-state index contributed by atoms with van der Waals surface area (Å²) < 4.78 is 6.45. The van der Waals surface area contributed by atoms with Gasteiger partial charge in [0.1, 0.15) is 5.76 Å². The molecule has 0 saturated carbocycles. The fourth-order valence-corrected chi connectivity index (χ4v) is 3.79. The first-order valence-electron chi connectivity index (χ1n) is 4.30. The first-order chi connectivity index (χ1) is 7.24. The largest absolute Gasteiger partial charge is 0.449 e. The molecule has 2 aromatic rings. The van der Waals surface area contributed by atoms with Gasteiger partial charge in [-0.2, -0.15) is 0 Å². The van der Waals surface area contributed by atoms with Crippen LogP contribution < -0.4 is 0 Å². The third-order valence-electron chi connectivity index (χ3n) is 1.75. The highest BCUT2D eigenvalue weighted by Gasteiger charge is 2.02. The minimum absolute atomic E-state index is 0.462. The molecule has 80 valence electrons. The van der Waals surface area contributed by atoms with Gasteiger partial charge in [-0.25, -0.2) is 0 Å². The molecule has 0 unspecified atom stereocenters. The normalized spacial score (nSPS) is 10.8. The Hall–Kier alpha value is 0.1000. The van der Waals surface area contributed by atoms with Gasteiger partial charge in [0.25, 0.3) is 0 Å². The summed E-state index contributed by atoms with van der Waals surface area (Å²) in [5.74, 6) is 2.80. The molecule has 0 amide bonds. The fraction of sp³-hybridized carbons (Fsp3) is 0.200. The SMILES string of the molecule is Clc1ccc(CSCc2ccc(Br)s2)o1. The maximum absolute atomic E-state index is 5.68. The molecule has 0 radical (unpaired) electrons. The summed E-state index contributed by atoms with van der Waals surface area (Å²) in [6.45, 7) is 0. The second-order valence-corrected chi connectivity index (χ2v) is 6.81. The summed E-state index contributed by atoms with van der Waals surface area (Å²) in [5, 5.41) is 0.462. The molecule has 0 spiro atoms. The van der Waals surface area contributed by atoms with Crippen molar-refractivity contribution in [2.75, 3.05) is 0 Å². The number of hydrogen-bond donors (Lipinski definition) is 0. The van der Waals surface area contributed by atoms with Crippen molar-refractivity contribution in [3.05, 3.63) is 43.9 Å². The van der Waals surface area contributed by atoms with E-state index in [1.165, 1.54) is 8.66 Å². The molecule has 2 aromatic heterocycles. The second kappa shape index (κ2) is 5.43. The van der Waals surface area contributed by atoms with Crippen molar-refractivity contribution >= 4 is 50.6 Å². The zero-order valence-corrected chi connectivity index (χ0v) is 11.7. The molecule has 0 N–H and O–H groups in total. The first kappa shape index (κ1) is 11.6. The van der Waals surface area contributed by atoms with Crippen LogP contribution in [0.15, 0.2) is 32.5 Å². The second-order valence-electron chi connectivity index (χ2n) is 2.90. The van der Waals surface area contributed by atoms with E-state index in [9.17, 15) is 0 Å². The van der Waals surface area contributed by atoms with E-state index in [0.717, 1.165) is 17.3 Å². The third-order valence-corrected chi connectivity index (χ3v) is 4.76. The van der Waals surface area contributed by atoms with Gasteiger partial charge in [-0.05, 0) is 51.8 Å². The van der Waals surface area contributed by atoms with E-state index < -0.39 is 0 Å². The molecule has 0 saturated heterocycles. The van der Waals surface area contributed by atoms with Gasteiger partial charge in [0, 0.05) is 10.6 Å². The van der Waals surface area contributed by atoms with E-state index in [4.69, 9.17) is 16.0 Å². The molecule has 0 fully saturated rings. The summed E-state index contributed by atoms with van der Waals surface area (Å²) in [7, 11) is 0. The van der Waals surface area contributed by atoms with Crippen molar-refractivity contribution in [2.24, 2.45) is 0 Å². The fourth-order valence-electron chi connectivity index (χ4n) is 1.11. The summed E-state index contributed by atoms with van der Waals surface area (Å²) in [4.78, 5) is 1.37. The smallest absolute Gasteiger partial charge is 0.193 e. The highest BCUT2D eigenvalue weighted by Crippen LogP contribution is 2.27. The molecule has 0 aromatic carbocycles. The summed E-state index contributed by atoms with van der Waals surface area (Å²) >= 11 is 12.7. The van der Waals surface area contributed by atoms with Gasteiger partial charge >= 0.3 is 0 Å². The summed E-state index contributed by atoms with van der Waals surface area (Å²) in [5.41, 5.74) is 0. The molecule has 0 bridgehead atoms. The molecule has 5 heteroatoms. The molecule has 0 aliphatic carbocycles. The van der Waals surface area contributed by atoms with Gasteiger partial charge in [0.15, 0.2) is 5.22 Å². The Balaban J connectivity index is 1.80. The molecule has 15 heavy (non-hydrogen) atoms. The van der Waals surface area contributed by atoms with Crippen LogP contribution in [-0.4, -0.2) is 0 Å². The minimum atomic E-state index is 0.462. The van der Waals surface area contributed by atoms with E-state index in [2.05, 4.69) is 28.1 Å². The van der Waals surface area contributed by atoms with Crippen LogP contribution in [0.5, 0.6) is 0 Å². The number of furan rings is 1. The summed E-state index contributed by atoms with van der Waals surface area (Å²) in [6, 6.07) is 7.90. The van der Waals surface area contributed by atoms with Crippen molar-refractivity contribution < 1.29 is 4.42 Å². The van der Waals surface area contributed by atoms with E-state index in [-0.39, 0.29) is 0 Å². The molecule has 2 heterocycles. The molecule has 0 aliphatic heterocycles. The predicted octanol–water partition coefficient (Wildman–Crippen LogP) is 5.19. The molecule has 0 atom stereocenters. The highest BCUT2D eigenvalue weighted by molar-refractivity contribution is 9.11. The average Bonchev–Trinajstić information content (AvgIpc) is 2.76. The van der Waals surface area contributed by atoms with Crippen LogP contribution in [0.2, 0.25) is 5.22 Å². The number of hydrogen-bond acceptors (Lipinski definition) is 3. The van der Waals surface area contributed by atoms with E-state index >= 15 is 0 Å². The van der Waals surface area contributed by atoms with Gasteiger partial charge in [0.2, 0.25) is 0 Å². The van der Waals surface area contributed by atoms with Crippen molar-refractivity contribution in [3.8, 4) is 0 Å². The van der Waals surface area contributed by atoms with Crippen LogP contribution in [0.3, 0.4) is 0 Å². The van der Waals surface area contributed by atoms with Crippen molar-refractivity contribution in [2.45, 2.75) is 11.5 Å². The Morgan fingerprint density at radius 2 is 2.13 bits per heavy atom.